The van der Waals surface area contributed by atoms with Gasteiger partial charge in [-0.05, 0) is 86.3 Å². The van der Waals surface area contributed by atoms with Crippen molar-refractivity contribution >= 4 is 27.5 Å². The summed E-state index contributed by atoms with van der Waals surface area (Å²) in [5, 5.41) is 2.87. The van der Waals surface area contributed by atoms with Crippen LogP contribution in [0.4, 0.5) is 10.1 Å². The minimum absolute atomic E-state index is 0.122. The summed E-state index contributed by atoms with van der Waals surface area (Å²) in [5.74, 6) is -0.890. The molecule has 0 saturated heterocycles. The number of hydrogen-bond donors (Lipinski definition) is 1. The Morgan fingerprint density at radius 1 is 0.951 bits per heavy atom. The van der Waals surface area contributed by atoms with Gasteiger partial charge in [0.1, 0.15) is 24.2 Å². The van der Waals surface area contributed by atoms with Crippen LogP contribution in [-0.2, 0) is 26.2 Å². The number of benzene rings is 3. The Morgan fingerprint density at radius 3 is 2.20 bits per heavy atom. The predicted octanol–water partition coefficient (Wildman–Crippen LogP) is 5.06. The summed E-state index contributed by atoms with van der Waals surface area (Å²) in [6.45, 7) is 7.94. The molecule has 3 aromatic carbocycles. The Bertz CT molecular complexity index is 1410. The molecule has 0 aromatic heterocycles. The zero-order valence-electron chi connectivity index (χ0n) is 24.0. The first-order valence-electron chi connectivity index (χ1n) is 13.7. The molecule has 0 radical (unpaired) electrons. The van der Waals surface area contributed by atoms with Crippen LogP contribution in [0.15, 0.2) is 77.7 Å². The van der Waals surface area contributed by atoms with Gasteiger partial charge < -0.3 is 15.0 Å². The third-order valence-electron chi connectivity index (χ3n) is 6.65. The number of aryl methyl sites for hydroxylation is 1. The van der Waals surface area contributed by atoms with E-state index in [2.05, 4.69) is 5.32 Å². The summed E-state index contributed by atoms with van der Waals surface area (Å²) in [7, 11) is -4.29. The highest BCUT2D eigenvalue weighted by atomic mass is 32.2. The number of carbonyl (C=O) groups excluding carboxylic acids is 2. The molecule has 0 aliphatic carbocycles. The number of nitrogens with zero attached hydrogens (tertiary/aromatic N) is 2. The fraction of sp³-hybridized carbons (Fsp3) is 0.355. The van der Waals surface area contributed by atoms with Crippen LogP contribution in [0, 0.1) is 12.7 Å². The van der Waals surface area contributed by atoms with Gasteiger partial charge in [0.05, 0.1) is 17.2 Å². The molecule has 0 aliphatic heterocycles. The van der Waals surface area contributed by atoms with Gasteiger partial charge in [-0.15, -0.1) is 0 Å². The van der Waals surface area contributed by atoms with Crippen molar-refractivity contribution in [2.24, 2.45) is 0 Å². The topological polar surface area (TPSA) is 96.0 Å². The molecule has 8 nitrogen and oxygen atoms in total. The molecule has 3 aromatic rings. The fourth-order valence-electron chi connectivity index (χ4n) is 4.39. The van der Waals surface area contributed by atoms with Crippen LogP contribution in [-0.4, -0.2) is 50.9 Å². The molecule has 0 saturated carbocycles. The average molecular weight is 584 g/mol. The molecule has 1 atom stereocenters. The lowest BCUT2D eigenvalue weighted by atomic mass is 10.1. The molecule has 0 heterocycles. The van der Waals surface area contributed by atoms with E-state index >= 15 is 0 Å². The van der Waals surface area contributed by atoms with Crippen molar-refractivity contribution in [1.29, 1.82) is 0 Å². The zero-order valence-corrected chi connectivity index (χ0v) is 24.8. The van der Waals surface area contributed by atoms with Crippen LogP contribution in [0.5, 0.6) is 5.75 Å². The number of amides is 2. The first-order valence-corrected chi connectivity index (χ1v) is 15.2. The SMILES string of the molecule is CCCNC(=O)[C@@H](CC)N(Cc1ccccc1C)C(=O)CN(c1ccc(OCC)cc1)S(=O)(=O)c1ccc(F)cc1. The lowest BCUT2D eigenvalue weighted by Gasteiger charge is -2.33. The second-order valence-electron chi connectivity index (χ2n) is 9.56. The number of sulfonamides is 1. The number of rotatable bonds is 14. The molecule has 1 N–H and O–H groups in total. The van der Waals surface area contributed by atoms with Gasteiger partial charge in [-0.3, -0.25) is 13.9 Å². The van der Waals surface area contributed by atoms with Crippen molar-refractivity contribution in [1.82, 2.24) is 10.2 Å². The van der Waals surface area contributed by atoms with Crippen molar-refractivity contribution in [3.63, 3.8) is 0 Å². The van der Waals surface area contributed by atoms with E-state index in [0.29, 0.717) is 25.3 Å². The molecule has 220 valence electrons. The fourth-order valence-corrected chi connectivity index (χ4v) is 5.81. The lowest BCUT2D eigenvalue weighted by molar-refractivity contribution is -0.140. The van der Waals surface area contributed by atoms with E-state index in [0.717, 1.165) is 46.1 Å². The van der Waals surface area contributed by atoms with Crippen LogP contribution in [0.3, 0.4) is 0 Å². The van der Waals surface area contributed by atoms with Gasteiger partial charge in [0.25, 0.3) is 10.0 Å². The number of halogens is 1. The largest absolute Gasteiger partial charge is 0.494 e. The summed E-state index contributed by atoms with van der Waals surface area (Å²) in [4.78, 5) is 28.5. The molecule has 0 bridgehead atoms. The molecule has 10 heteroatoms. The summed E-state index contributed by atoms with van der Waals surface area (Å²) < 4.78 is 47.8. The zero-order chi connectivity index (χ0) is 30.0. The quantitative estimate of drug-likeness (QED) is 0.286. The van der Waals surface area contributed by atoms with Gasteiger partial charge in [0.15, 0.2) is 0 Å². The van der Waals surface area contributed by atoms with Crippen LogP contribution in [0.25, 0.3) is 0 Å². The first-order chi connectivity index (χ1) is 19.6. The van der Waals surface area contributed by atoms with Gasteiger partial charge in [-0.25, -0.2) is 12.8 Å². The number of anilines is 1. The highest BCUT2D eigenvalue weighted by Gasteiger charge is 2.33. The van der Waals surface area contributed by atoms with E-state index < -0.39 is 34.3 Å². The first kappa shape index (κ1) is 31.6. The Labute approximate surface area is 242 Å². The van der Waals surface area contributed by atoms with Crippen molar-refractivity contribution in [2.45, 2.75) is 58.0 Å². The van der Waals surface area contributed by atoms with E-state index in [1.165, 1.54) is 4.90 Å². The monoisotopic (exact) mass is 583 g/mol. The van der Waals surface area contributed by atoms with Gasteiger partial charge in [0, 0.05) is 13.1 Å². The number of carbonyl (C=O) groups is 2. The molecule has 41 heavy (non-hydrogen) atoms. The molecular weight excluding hydrogens is 545 g/mol. The van der Waals surface area contributed by atoms with Crippen LogP contribution < -0.4 is 14.4 Å². The Hall–Kier alpha value is -3.92. The lowest BCUT2D eigenvalue weighted by Crippen LogP contribution is -2.52. The van der Waals surface area contributed by atoms with Gasteiger partial charge in [0.2, 0.25) is 11.8 Å². The van der Waals surface area contributed by atoms with E-state index in [1.807, 2.05) is 52.0 Å². The number of ether oxygens (including phenoxy) is 1. The average Bonchev–Trinajstić information content (AvgIpc) is 2.96. The van der Waals surface area contributed by atoms with Crippen LogP contribution >= 0.6 is 0 Å². The molecule has 0 unspecified atom stereocenters. The molecular formula is C31H38FN3O5S. The summed E-state index contributed by atoms with van der Waals surface area (Å²) in [5.41, 5.74) is 2.01. The van der Waals surface area contributed by atoms with E-state index in [-0.39, 0.29) is 23.0 Å². The van der Waals surface area contributed by atoms with Crippen molar-refractivity contribution in [3.8, 4) is 5.75 Å². The highest BCUT2D eigenvalue weighted by Crippen LogP contribution is 2.27. The normalized spacial score (nSPS) is 11.9. The maximum Gasteiger partial charge on any atom is 0.264 e. The molecule has 0 aliphatic rings. The summed E-state index contributed by atoms with van der Waals surface area (Å²) in [6, 6.07) is 17.5. The second kappa shape index (κ2) is 14.6. The maximum atomic E-state index is 14.1. The minimum Gasteiger partial charge on any atom is -0.494 e. The summed E-state index contributed by atoms with van der Waals surface area (Å²) >= 11 is 0. The smallest absolute Gasteiger partial charge is 0.264 e. The molecule has 2 amide bonds. The van der Waals surface area contributed by atoms with E-state index in [4.69, 9.17) is 4.74 Å². The summed E-state index contributed by atoms with van der Waals surface area (Å²) in [6.07, 6.45) is 1.07. The number of nitrogens with one attached hydrogen (secondary N) is 1. The van der Waals surface area contributed by atoms with Gasteiger partial charge in [-0.1, -0.05) is 38.1 Å². The van der Waals surface area contributed by atoms with Crippen molar-refractivity contribution < 1.29 is 27.1 Å². The van der Waals surface area contributed by atoms with Gasteiger partial charge in [-0.2, -0.15) is 0 Å². The second-order valence-corrected chi connectivity index (χ2v) is 11.4. The Kier molecular flexibility index (Phi) is 11.3. The number of hydrogen-bond acceptors (Lipinski definition) is 5. The van der Waals surface area contributed by atoms with E-state index in [1.54, 1.807) is 24.3 Å². The predicted molar refractivity (Wildman–Crippen MR) is 158 cm³/mol. The minimum atomic E-state index is -4.29. The standard InChI is InChI=1S/C31H38FN3O5S/c1-5-20-33-31(37)29(6-2)34(21-24-11-9-8-10-23(24)4)30(36)22-35(26-14-16-27(17-15-26)40-7-3)41(38,39)28-18-12-25(32)13-19-28/h8-19,29H,5-7,20-22H2,1-4H3,(H,33,37)/t29-/m1/s1. The van der Waals surface area contributed by atoms with Crippen LogP contribution in [0.1, 0.15) is 44.7 Å². The molecule has 0 fully saturated rings. The highest BCUT2D eigenvalue weighted by molar-refractivity contribution is 7.92. The van der Waals surface area contributed by atoms with Gasteiger partial charge >= 0.3 is 0 Å². The Balaban J connectivity index is 2.06. The third kappa shape index (κ3) is 8.07. The Morgan fingerprint density at radius 2 is 1.61 bits per heavy atom. The van der Waals surface area contributed by atoms with E-state index in [9.17, 15) is 22.4 Å². The van der Waals surface area contributed by atoms with Crippen LogP contribution in [0.2, 0.25) is 0 Å². The molecule has 0 spiro atoms. The third-order valence-corrected chi connectivity index (χ3v) is 8.44. The van der Waals surface area contributed by atoms with Crippen molar-refractivity contribution in [2.75, 3.05) is 24.0 Å². The molecule has 3 rings (SSSR count). The van der Waals surface area contributed by atoms with Crippen molar-refractivity contribution in [3.05, 3.63) is 89.7 Å². The maximum absolute atomic E-state index is 14.1.